The van der Waals surface area contributed by atoms with E-state index in [2.05, 4.69) is 10.3 Å². The van der Waals surface area contributed by atoms with Crippen molar-refractivity contribution in [1.29, 1.82) is 0 Å². The summed E-state index contributed by atoms with van der Waals surface area (Å²) in [5.74, 6) is 0.519. The second-order valence-corrected chi connectivity index (χ2v) is 6.05. The molecule has 3 N–H and O–H groups in total. The van der Waals surface area contributed by atoms with Crippen LogP contribution in [0.2, 0.25) is 0 Å². The molecule has 1 heterocycles. The number of hydrogen-bond acceptors (Lipinski definition) is 5. The van der Waals surface area contributed by atoms with E-state index in [1.54, 1.807) is 12.5 Å². The Morgan fingerprint density at radius 3 is 2.76 bits per heavy atom. The van der Waals surface area contributed by atoms with Crippen LogP contribution in [0, 0.1) is 0 Å². The fourth-order valence-electron chi connectivity index (χ4n) is 2.09. The van der Waals surface area contributed by atoms with Gasteiger partial charge in [0.2, 0.25) is 0 Å². The number of thiazole rings is 1. The van der Waals surface area contributed by atoms with Crippen LogP contribution in [-0.2, 0) is 12.1 Å². The van der Waals surface area contributed by atoms with E-state index in [4.69, 9.17) is 10.5 Å². The van der Waals surface area contributed by atoms with Crippen LogP contribution < -0.4 is 15.8 Å². The van der Waals surface area contributed by atoms with Crippen molar-refractivity contribution in [2.45, 2.75) is 25.9 Å². The Bertz CT molecular complexity index is 637. The SMILES string of the molecule is COc1ccccc1C(C)(C)NC(=O)c1csc(CN)n1. The zero-order valence-electron chi connectivity index (χ0n) is 12.3. The van der Waals surface area contributed by atoms with E-state index >= 15 is 0 Å². The van der Waals surface area contributed by atoms with Crippen molar-refractivity contribution in [3.63, 3.8) is 0 Å². The van der Waals surface area contributed by atoms with Gasteiger partial charge in [0.15, 0.2) is 0 Å². The minimum absolute atomic E-state index is 0.221. The molecule has 0 atom stereocenters. The summed E-state index contributed by atoms with van der Waals surface area (Å²) in [5.41, 5.74) is 6.25. The summed E-state index contributed by atoms with van der Waals surface area (Å²) in [6.45, 7) is 4.20. The highest BCUT2D eigenvalue weighted by Crippen LogP contribution is 2.29. The maximum atomic E-state index is 12.3. The number of aromatic nitrogens is 1. The maximum Gasteiger partial charge on any atom is 0.271 e. The molecule has 0 saturated carbocycles. The third-order valence-corrected chi connectivity index (χ3v) is 4.04. The molecule has 5 nitrogen and oxygen atoms in total. The molecular formula is C15H19N3O2S. The van der Waals surface area contributed by atoms with E-state index in [9.17, 15) is 4.79 Å². The lowest BCUT2D eigenvalue weighted by Crippen LogP contribution is -2.41. The summed E-state index contributed by atoms with van der Waals surface area (Å²) in [4.78, 5) is 16.5. The highest BCUT2D eigenvalue weighted by atomic mass is 32.1. The van der Waals surface area contributed by atoms with E-state index in [1.165, 1.54) is 11.3 Å². The molecule has 1 aromatic carbocycles. The Morgan fingerprint density at radius 2 is 2.14 bits per heavy atom. The normalized spacial score (nSPS) is 11.2. The van der Waals surface area contributed by atoms with E-state index in [0.29, 0.717) is 12.2 Å². The topological polar surface area (TPSA) is 77.2 Å². The summed E-state index contributed by atoms with van der Waals surface area (Å²) in [6.07, 6.45) is 0. The fraction of sp³-hybridized carbons (Fsp3) is 0.333. The van der Waals surface area contributed by atoms with Crippen molar-refractivity contribution < 1.29 is 9.53 Å². The van der Waals surface area contributed by atoms with Crippen molar-refractivity contribution in [2.75, 3.05) is 7.11 Å². The van der Waals surface area contributed by atoms with E-state index in [0.717, 1.165) is 16.3 Å². The van der Waals surface area contributed by atoms with Gasteiger partial charge in [-0.1, -0.05) is 18.2 Å². The third kappa shape index (κ3) is 3.40. The van der Waals surface area contributed by atoms with Crippen LogP contribution in [0.1, 0.15) is 34.9 Å². The van der Waals surface area contributed by atoms with Gasteiger partial charge in [-0.2, -0.15) is 0 Å². The Labute approximate surface area is 128 Å². The van der Waals surface area contributed by atoms with Gasteiger partial charge in [0, 0.05) is 17.5 Å². The van der Waals surface area contributed by atoms with Crippen molar-refractivity contribution in [3.05, 3.63) is 45.9 Å². The fourth-order valence-corrected chi connectivity index (χ4v) is 2.74. The number of amides is 1. The van der Waals surface area contributed by atoms with Crippen molar-refractivity contribution >= 4 is 17.2 Å². The molecule has 2 aromatic rings. The van der Waals surface area contributed by atoms with E-state index < -0.39 is 5.54 Å². The Kier molecular flexibility index (Phi) is 4.59. The van der Waals surface area contributed by atoms with Crippen molar-refractivity contribution in [2.24, 2.45) is 5.73 Å². The Hall–Kier alpha value is -1.92. The van der Waals surface area contributed by atoms with Crippen LogP contribution >= 0.6 is 11.3 Å². The minimum Gasteiger partial charge on any atom is -0.496 e. The van der Waals surface area contributed by atoms with Gasteiger partial charge in [0.05, 0.1) is 12.6 Å². The predicted molar refractivity (Wildman–Crippen MR) is 83.5 cm³/mol. The van der Waals surface area contributed by atoms with Gasteiger partial charge in [-0.15, -0.1) is 11.3 Å². The number of carbonyl (C=O) groups is 1. The number of rotatable bonds is 5. The van der Waals surface area contributed by atoms with Gasteiger partial charge < -0.3 is 15.8 Å². The molecule has 6 heteroatoms. The molecule has 0 aliphatic carbocycles. The molecule has 0 spiro atoms. The molecule has 0 fully saturated rings. The molecule has 1 aromatic heterocycles. The Morgan fingerprint density at radius 1 is 1.43 bits per heavy atom. The first-order valence-corrected chi connectivity index (χ1v) is 7.46. The van der Waals surface area contributed by atoms with E-state index in [1.807, 2.05) is 38.1 Å². The molecule has 0 bridgehead atoms. The first-order chi connectivity index (χ1) is 9.97. The predicted octanol–water partition coefficient (Wildman–Crippen LogP) is 2.28. The highest BCUT2D eigenvalue weighted by Gasteiger charge is 2.27. The average Bonchev–Trinajstić information content (AvgIpc) is 2.96. The lowest BCUT2D eigenvalue weighted by atomic mass is 9.93. The molecule has 2 rings (SSSR count). The maximum absolute atomic E-state index is 12.3. The lowest BCUT2D eigenvalue weighted by molar-refractivity contribution is 0.0906. The Balaban J connectivity index is 2.22. The monoisotopic (exact) mass is 305 g/mol. The van der Waals surface area contributed by atoms with Crippen LogP contribution in [0.3, 0.4) is 0 Å². The summed E-state index contributed by atoms with van der Waals surface area (Å²) in [6, 6.07) is 7.62. The zero-order valence-corrected chi connectivity index (χ0v) is 13.2. The molecule has 1 amide bonds. The first-order valence-electron chi connectivity index (χ1n) is 6.58. The number of para-hydroxylation sites is 1. The van der Waals surface area contributed by atoms with Gasteiger partial charge in [-0.3, -0.25) is 4.79 Å². The standard InChI is InChI=1S/C15H19N3O2S/c1-15(2,10-6-4-5-7-12(10)20-3)18-14(19)11-9-21-13(8-16)17-11/h4-7,9H,8,16H2,1-3H3,(H,18,19). The second-order valence-electron chi connectivity index (χ2n) is 5.11. The number of nitrogens with one attached hydrogen (secondary N) is 1. The number of nitrogens with two attached hydrogens (primary N) is 1. The first kappa shape index (κ1) is 15.5. The number of benzene rings is 1. The summed E-state index contributed by atoms with van der Waals surface area (Å²) < 4.78 is 5.36. The second kappa shape index (κ2) is 6.24. The molecule has 0 radical (unpaired) electrons. The summed E-state index contributed by atoms with van der Waals surface area (Å²) in [7, 11) is 1.62. The van der Waals surface area contributed by atoms with Crippen LogP contribution in [0.25, 0.3) is 0 Å². The van der Waals surface area contributed by atoms with Gasteiger partial charge in [0.25, 0.3) is 5.91 Å². The van der Waals surface area contributed by atoms with Gasteiger partial charge in [-0.05, 0) is 19.9 Å². The number of ether oxygens (including phenoxy) is 1. The van der Waals surface area contributed by atoms with Gasteiger partial charge in [-0.25, -0.2) is 4.98 Å². The minimum atomic E-state index is -0.573. The largest absolute Gasteiger partial charge is 0.496 e. The van der Waals surface area contributed by atoms with Gasteiger partial charge >= 0.3 is 0 Å². The van der Waals surface area contributed by atoms with Crippen LogP contribution in [0.4, 0.5) is 0 Å². The molecule has 0 saturated heterocycles. The smallest absolute Gasteiger partial charge is 0.271 e. The zero-order chi connectivity index (χ0) is 15.5. The number of carbonyl (C=O) groups excluding carboxylic acids is 1. The number of nitrogens with zero attached hydrogens (tertiary/aromatic N) is 1. The van der Waals surface area contributed by atoms with Crippen LogP contribution in [0.15, 0.2) is 29.6 Å². The molecule has 0 aliphatic rings. The average molecular weight is 305 g/mol. The number of hydrogen-bond donors (Lipinski definition) is 2. The molecule has 0 unspecified atom stereocenters. The third-order valence-electron chi connectivity index (χ3n) is 3.17. The number of methoxy groups -OCH3 is 1. The molecular weight excluding hydrogens is 286 g/mol. The van der Waals surface area contributed by atoms with Gasteiger partial charge in [0.1, 0.15) is 16.5 Å². The van der Waals surface area contributed by atoms with Crippen LogP contribution in [0.5, 0.6) is 5.75 Å². The molecule has 112 valence electrons. The summed E-state index contributed by atoms with van der Waals surface area (Å²) >= 11 is 1.39. The molecule has 21 heavy (non-hydrogen) atoms. The van der Waals surface area contributed by atoms with Crippen molar-refractivity contribution in [3.8, 4) is 5.75 Å². The highest BCUT2D eigenvalue weighted by molar-refractivity contribution is 7.09. The lowest BCUT2D eigenvalue weighted by Gasteiger charge is -2.28. The molecule has 0 aliphatic heterocycles. The van der Waals surface area contributed by atoms with Crippen LogP contribution in [-0.4, -0.2) is 18.0 Å². The van der Waals surface area contributed by atoms with E-state index in [-0.39, 0.29) is 5.91 Å². The summed E-state index contributed by atoms with van der Waals surface area (Å²) in [5, 5.41) is 5.45. The quantitative estimate of drug-likeness (QED) is 0.888. The van der Waals surface area contributed by atoms with Crippen molar-refractivity contribution in [1.82, 2.24) is 10.3 Å².